The van der Waals surface area contributed by atoms with Gasteiger partial charge in [-0.3, -0.25) is 4.79 Å². The van der Waals surface area contributed by atoms with Crippen LogP contribution in [0.15, 0.2) is 70.3 Å². The van der Waals surface area contributed by atoms with Gasteiger partial charge in [0.2, 0.25) is 0 Å². The smallest absolute Gasteiger partial charge is 0.277 e. The average Bonchev–Trinajstić information content (AvgIpc) is 3.37. The number of carbonyl (C=O) groups is 1. The second-order valence-electron chi connectivity index (χ2n) is 7.15. The fourth-order valence-electron chi connectivity index (χ4n) is 3.60. The molecule has 0 aliphatic heterocycles. The maximum absolute atomic E-state index is 13.2. The molecule has 0 spiro atoms. The van der Waals surface area contributed by atoms with Gasteiger partial charge in [-0.1, -0.05) is 42.1 Å². The molecule has 7 heteroatoms. The normalized spacial score (nSPS) is 12.0. The quantitative estimate of drug-likeness (QED) is 0.282. The van der Waals surface area contributed by atoms with Gasteiger partial charge in [-0.05, 0) is 51.1 Å². The van der Waals surface area contributed by atoms with Crippen LogP contribution in [-0.2, 0) is 0 Å². The number of ether oxygens (including phenoxy) is 1. The molecule has 0 fully saturated rings. The fourth-order valence-corrected chi connectivity index (χ4v) is 4.35. The number of methoxy groups -OCH3 is 1. The van der Waals surface area contributed by atoms with Crippen molar-refractivity contribution in [1.82, 2.24) is 14.8 Å². The van der Waals surface area contributed by atoms with Crippen LogP contribution in [0, 0.1) is 13.8 Å². The fraction of sp³-hybridized carbons (Fsp3) is 0.208. The third kappa shape index (κ3) is 4.14. The third-order valence-electron chi connectivity index (χ3n) is 5.10. The van der Waals surface area contributed by atoms with Gasteiger partial charge in [0, 0.05) is 22.6 Å². The minimum atomic E-state index is -0.379. The molecule has 2 heterocycles. The maximum Gasteiger partial charge on any atom is 0.277 e. The molecule has 2 aromatic carbocycles. The summed E-state index contributed by atoms with van der Waals surface area (Å²) in [6, 6.07) is 19.4. The first-order chi connectivity index (χ1) is 15.0. The highest BCUT2D eigenvalue weighted by Gasteiger charge is 2.24. The van der Waals surface area contributed by atoms with Gasteiger partial charge in [0.05, 0.1) is 17.9 Å². The minimum Gasteiger partial charge on any atom is -0.496 e. The second-order valence-corrected chi connectivity index (χ2v) is 8.45. The summed E-state index contributed by atoms with van der Waals surface area (Å²) in [6.07, 6.45) is 0. The first-order valence-corrected chi connectivity index (χ1v) is 10.8. The average molecular weight is 434 g/mol. The highest BCUT2D eigenvalue weighted by molar-refractivity contribution is 8.00. The summed E-state index contributed by atoms with van der Waals surface area (Å²) in [7, 11) is 1.59. The number of nitrogens with zero attached hydrogens (tertiary/aromatic N) is 3. The second kappa shape index (κ2) is 8.81. The van der Waals surface area contributed by atoms with Crippen LogP contribution in [0.2, 0.25) is 0 Å². The molecule has 0 unspecified atom stereocenters. The molecule has 0 bridgehead atoms. The zero-order valence-corrected chi connectivity index (χ0v) is 18.6. The zero-order chi connectivity index (χ0) is 22.0. The lowest BCUT2D eigenvalue weighted by atomic mass is 10.1. The van der Waals surface area contributed by atoms with Gasteiger partial charge >= 0.3 is 0 Å². The number of hydrogen-bond donors (Lipinski definition) is 0. The number of rotatable bonds is 7. The summed E-state index contributed by atoms with van der Waals surface area (Å²) < 4.78 is 13.3. The zero-order valence-electron chi connectivity index (χ0n) is 17.8. The molecule has 0 aliphatic rings. The van der Waals surface area contributed by atoms with Gasteiger partial charge in [-0.15, -0.1) is 10.2 Å². The van der Waals surface area contributed by atoms with Crippen molar-refractivity contribution in [2.45, 2.75) is 31.2 Å². The number of aromatic nitrogens is 3. The molecule has 0 saturated heterocycles. The Hall–Kier alpha value is -3.32. The van der Waals surface area contributed by atoms with E-state index in [0.717, 1.165) is 22.6 Å². The molecule has 0 amide bonds. The Morgan fingerprint density at radius 1 is 1.06 bits per heavy atom. The van der Waals surface area contributed by atoms with E-state index in [1.807, 2.05) is 81.4 Å². The number of hydrogen-bond acceptors (Lipinski definition) is 6. The van der Waals surface area contributed by atoms with Crippen LogP contribution < -0.4 is 4.74 Å². The van der Waals surface area contributed by atoms with Gasteiger partial charge in [0.1, 0.15) is 5.75 Å². The van der Waals surface area contributed by atoms with Crippen molar-refractivity contribution in [2.75, 3.05) is 7.11 Å². The highest BCUT2D eigenvalue weighted by atomic mass is 32.2. The maximum atomic E-state index is 13.2. The summed E-state index contributed by atoms with van der Waals surface area (Å²) in [5.74, 6) is 1.04. The predicted molar refractivity (Wildman–Crippen MR) is 121 cm³/mol. The van der Waals surface area contributed by atoms with Crippen molar-refractivity contribution in [3.63, 3.8) is 0 Å². The van der Waals surface area contributed by atoms with Crippen molar-refractivity contribution < 1.29 is 13.9 Å². The first-order valence-electron chi connectivity index (χ1n) is 9.91. The number of aryl methyl sites for hydroxylation is 1. The molecular weight excluding hydrogens is 410 g/mol. The SMILES string of the molecule is COc1ccccc1-c1nnc(S[C@H](C)C(=O)c2cc(C)n(-c3ccccc3)c2C)o1. The highest BCUT2D eigenvalue weighted by Crippen LogP contribution is 2.33. The Kier molecular flexibility index (Phi) is 5.95. The number of benzene rings is 2. The molecule has 6 nitrogen and oxygen atoms in total. The predicted octanol–water partition coefficient (Wildman–Crippen LogP) is 5.52. The summed E-state index contributed by atoms with van der Waals surface area (Å²) in [5.41, 5.74) is 4.39. The van der Waals surface area contributed by atoms with Gasteiger partial charge in [0.25, 0.3) is 11.1 Å². The molecule has 0 saturated carbocycles. The minimum absolute atomic E-state index is 0.0253. The van der Waals surface area contributed by atoms with Crippen LogP contribution in [0.1, 0.15) is 28.7 Å². The third-order valence-corrected chi connectivity index (χ3v) is 6.04. The number of ketones is 1. The number of Topliss-reactive ketones (excluding diaryl/α,β-unsaturated/α-hetero) is 1. The molecule has 0 radical (unpaired) electrons. The van der Waals surface area contributed by atoms with Crippen molar-refractivity contribution >= 4 is 17.5 Å². The van der Waals surface area contributed by atoms with Gasteiger partial charge in [-0.25, -0.2) is 0 Å². The van der Waals surface area contributed by atoms with E-state index in [9.17, 15) is 4.79 Å². The number of thioether (sulfide) groups is 1. The van der Waals surface area contributed by atoms with Crippen molar-refractivity contribution in [2.24, 2.45) is 0 Å². The molecule has 2 aromatic heterocycles. The van der Waals surface area contributed by atoms with Gasteiger partial charge in [0.15, 0.2) is 5.78 Å². The van der Waals surface area contributed by atoms with Crippen LogP contribution in [-0.4, -0.2) is 32.9 Å². The van der Waals surface area contributed by atoms with Gasteiger partial charge < -0.3 is 13.7 Å². The van der Waals surface area contributed by atoms with E-state index in [1.54, 1.807) is 7.11 Å². The molecule has 1 atom stereocenters. The van der Waals surface area contributed by atoms with E-state index in [1.165, 1.54) is 11.8 Å². The Balaban J connectivity index is 1.55. The lowest BCUT2D eigenvalue weighted by Crippen LogP contribution is -2.14. The van der Waals surface area contributed by atoms with E-state index in [-0.39, 0.29) is 11.0 Å². The van der Waals surface area contributed by atoms with E-state index in [0.29, 0.717) is 22.4 Å². The van der Waals surface area contributed by atoms with E-state index in [4.69, 9.17) is 9.15 Å². The summed E-state index contributed by atoms with van der Waals surface area (Å²) in [4.78, 5) is 13.2. The Bertz CT molecular complexity index is 1210. The molecule has 31 heavy (non-hydrogen) atoms. The Morgan fingerprint density at radius 3 is 2.52 bits per heavy atom. The Morgan fingerprint density at radius 2 is 1.77 bits per heavy atom. The standard InChI is InChI=1S/C24H23N3O3S/c1-15-14-20(16(2)27(15)18-10-6-5-7-11-18)22(28)17(3)31-24-26-25-23(30-24)19-12-8-9-13-21(19)29-4/h5-14,17H,1-4H3/t17-/m1/s1. The lowest BCUT2D eigenvalue weighted by Gasteiger charge is -2.11. The topological polar surface area (TPSA) is 70.2 Å². The molecular formula is C24H23N3O3S. The van der Waals surface area contributed by atoms with Crippen LogP contribution >= 0.6 is 11.8 Å². The number of carbonyl (C=O) groups excluding carboxylic acids is 1. The van der Waals surface area contributed by atoms with Crippen LogP contribution in [0.5, 0.6) is 5.75 Å². The monoisotopic (exact) mass is 433 g/mol. The van der Waals surface area contributed by atoms with Crippen LogP contribution in [0.4, 0.5) is 0 Å². The van der Waals surface area contributed by atoms with Crippen molar-refractivity contribution in [3.8, 4) is 22.9 Å². The summed E-state index contributed by atoms with van der Waals surface area (Å²) in [5, 5.41) is 8.20. The molecule has 4 rings (SSSR count). The first kappa shape index (κ1) is 20.9. The van der Waals surface area contributed by atoms with Crippen LogP contribution in [0.3, 0.4) is 0 Å². The summed E-state index contributed by atoms with van der Waals surface area (Å²) >= 11 is 1.26. The Labute approximate surface area is 185 Å². The van der Waals surface area contributed by atoms with E-state index >= 15 is 0 Å². The number of para-hydroxylation sites is 2. The van der Waals surface area contributed by atoms with Crippen LogP contribution in [0.25, 0.3) is 17.1 Å². The molecule has 0 N–H and O–H groups in total. The van der Waals surface area contributed by atoms with E-state index < -0.39 is 0 Å². The van der Waals surface area contributed by atoms with Crippen molar-refractivity contribution in [1.29, 1.82) is 0 Å². The molecule has 0 aliphatic carbocycles. The molecule has 4 aromatic rings. The summed E-state index contributed by atoms with van der Waals surface area (Å²) in [6.45, 7) is 5.83. The van der Waals surface area contributed by atoms with Gasteiger partial charge in [-0.2, -0.15) is 0 Å². The van der Waals surface area contributed by atoms with Crippen molar-refractivity contribution in [3.05, 3.63) is 77.6 Å². The molecule has 158 valence electrons. The largest absolute Gasteiger partial charge is 0.496 e. The van der Waals surface area contributed by atoms with E-state index in [2.05, 4.69) is 14.8 Å². The lowest BCUT2D eigenvalue weighted by molar-refractivity contribution is 0.0993.